The van der Waals surface area contributed by atoms with E-state index in [0.29, 0.717) is 12.6 Å². The van der Waals surface area contributed by atoms with Crippen molar-refractivity contribution < 1.29 is 4.79 Å². The summed E-state index contributed by atoms with van der Waals surface area (Å²) in [5.41, 5.74) is 2.01. The molecule has 0 aromatic heterocycles. The summed E-state index contributed by atoms with van der Waals surface area (Å²) in [6, 6.07) is 17.9. The van der Waals surface area contributed by atoms with Crippen molar-refractivity contribution in [2.24, 2.45) is 0 Å². The zero-order valence-electron chi connectivity index (χ0n) is 13.0. The lowest BCUT2D eigenvalue weighted by molar-refractivity contribution is -0.117. The van der Waals surface area contributed by atoms with Gasteiger partial charge >= 0.3 is 0 Å². The summed E-state index contributed by atoms with van der Waals surface area (Å²) in [6.45, 7) is 1.40. The predicted octanol–water partition coefficient (Wildman–Crippen LogP) is 3.99. The quantitative estimate of drug-likeness (QED) is 0.900. The molecule has 0 radical (unpaired) electrons. The van der Waals surface area contributed by atoms with Gasteiger partial charge in [0.25, 0.3) is 0 Å². The molecule has 120 valence electrons. The summed E-state index contributed by atoms with van der Waals surface area (Å²) in [7, 11) is 0. The molecule has 4 heteroatoms. The van der Waals surface area contributed by atoms with Crippen molar-refractivity contribution in [1.29, 1.82) is 0 Å². The minimum Gasteiger partial charge on any atom is -0.325 e. The molecule has 1 fully saturated rings. The Morgan fingerprint density at radius 2 is 1.87 bits per heavy atom. The molecule has 1 N–H and O–H groups in total. The van der Waals surface area contributed by atoms with Crippen LogP contribution in [0.15, 0.2) is 54.6 Å². The normalized spacial score (nSPS) is 18.0. The lowest BCUT2D eigenvalue weighted by atomic mass is 10.0. The van der Waals surface area contributed by atoms with Crippen LogP contribution < -0.4 is 5.32 Å². The Bertz CT molecular complexity index is 659. The fraction of sp³-hybridized carbons (Fsp3) is 0.316. The number of halogens is 1. The molecule has 3 nitrogen and oxygen atoms in total. The van der Waals surface area contributed by atoms with Gasteiger partial charge in [-0.3, -0.25) is 9.69 Å². The van der Waals surface area contributed by atoms with Gasteiger partial charge in [0.2, 0.25) is 5.91 Å². The molecule has 23 heavy (non-hydrogen) atoms. The molecule has 0 bridgehead atoms. The van der Waals surface area contributed by atoms with Crippen LogP contribution in [-0.2, 0) is 11.2 Å². The number of carbonyl (C=O) groups is 1. The van der Waals surface area contributed by atoms with E-state index in [4.69, 9.17) is 11.6 Å². The number of rotatable bonds is 5. The minimum atomic E-state index is 0.0438. The number of benzene rings is 2. The first kappa shape index (κ1) is 16.0. The summed E-state index contributed by atoms with van der Waals surface area (Å²) in [6.07, 6.45) is 3.15. The Labute approximate surface area is 142 Å². The number of hydrogen-bond acceptors (Lipinski definition) is 2. The maximum atomic E-state index is 12.3. The first-order chi connectivity index (χ1) is 11.2. The zero-order valence-corrected chi connectivity index (χ0v) is 13.8. The highest BCUT2D eigenvalue weighted by molar-refractivity contribution is 6.31. The number of para-hydroxylation sites is 1. The van der Waals surface area contributed by atoms with Crippen LogP contribution in [0.3, 0.4) is 0 Å². The second kappa shape index (κ2) is 7.62. The number of amides is 1. The van der Waals surface area contributed by atoms with Crippen LogP contribution >= 0.6 is 11.6 Å². The van der Waals surface area contributed by atoms with E-state index in [0.717, 1.165) is 42.1 Å². The molecule has 0 saturated carbocycles. The van der Waals surface area contributed by atoms with Crippen LogP contribution in [0.5, 0.6) is 0 Å². The van der Waals surface area contributed by atoms with E-state index in [-0.39, 0.29) is 5.91 Å². The Hall–Kier alpha value is -1.84. The third kappa shape index (κ3) is 4.34. The number of hydrogen-bond donors (Lipinski definition) is 1. The first-order valence-electron chi connectivity index (χ1n) is 8.05. The number of anilines is 1. The standard InChI is InChI=1S/C19H21ClN2O/c20-18-11-5-4-7-15(18)13-17-10-6-12-22(17)14-19(23)21-16-8-2-1-3-9-16/h1-5,7-9,11,17H,6,10,12-14H2,(H,21,23). The van der Waals surface area contributed by atoms with E-state index in [1.807, 2.05) is 48.5 Å². The maximum absolute atomic E-state index is 12.3. The molecule has 1 aliphatic heterocycles. The largest absolute Gasteiger partial charge is 0.325 e. The highest BCUT2D eigenvalue weighted by Gasteiger charge is 2.26. The van der Waals surface area contributed by atoms with Crippen molar-refractivity contribution in [3.8, 4) is 0 Å². The van der Waals surface area contributed by atoms with Gasteiger partial charge in [-0.05, 0) is 49.6 Å². The fourth-order valence-corrected chi connectivity index (χ4v) is 3.37. The van der Waals surface area contributed by atoms with Gasteiger partial charge in [0.05, 0.1) is 6.54 Å². The molecule has 1 heterocycles. The molecule has 1 atom stereocenters. The third-order valence-corrected chi connectivity index (χ3v) is 4.69. The molecule has 0 spiro atoms. The van der Waals surface area contributed by atoms with Crippen LogP contribution in [0.25, 0.3) is 0 Å². The van der Waals surface area contributed by atoms with Crippen LogP contribution in [-0.4, -0.2) is 29.9 Å². The summed E-state index contributed by atoms with van der Waals surface area (Å²) < 4.78 is 0. The smallest absolute Gasteiger partial charge is 0.238 e. The topological polar surface area (TPSA) is 32.3 Å². The minimum absolute atomic E-state index is 0.0438. The van der Waals surface area contributed by atoms with Gasteiger partial charge < -0.3 is 5.32 Å². The Morgan fingerprint density at radius 3 is 2.65 bits per heavy atom. The Balaban J connectivity index is 1.58. The van der Waals surface area contributed by atoms with Crippen molar-refractivity contribution in [2.45, 2.75) is 25.3 Å². The van der Waals surface area contributed by atoms with Crippen molar-refractivity contribution >= 4 is 23.2 Å². The van der Waals surface area contributed by atoms with Crippen molar-refractivity contribution in [1.82, 2.24) is 4.90 Å². The molecule has 3 rings (SSSR count). The number of nitrogens with zero attached hydrogens (tertiary/aromatic N) is 1. The van der Waals surface area contributed by atoms with E-state index in [2.05, 4.69) is 16.3 Å². The highest BCUT2D eigenvalue weighted by Crippen LogP contribution is 2.24. The van der Waals surface area contributed by atoms with Crippen molar-refractivity contribution in [2.75, 3.05) is 18.4 Å². The lowest BCUT2D eigenvalue weighted by Gasteiger charge is -2.24. The summed E-state index contributed by atoms with van der Waals surface area (Å²) in [5, 5.41) is 3.77. The molecule has 1 unspecified atom stereocenters. The molecule has 1 amide bonds. The summed E-state index contributed by atoms with van der Waals surface area (Å²) in [4.78, 5) is 14.5. The van der Waals surface area contributed by atoms with Gasteiger partial charge in [-0.15, -0.1) is 0 Å². The SMILES string of the molecule is O=C(CN1CCCC1Cc1ccccc1Cl)Nc1ccccc1. The van der Waals surface area contributed by atoms with Crippen LogP contribution in [0.4, 0.5) is 5.69 Å². The molecule has 2 aromatic carbocycles. The molecule has 0 aliphatic carbocycles. The van der Waals surface area contributed by atoms with Gasteiger partial charge in [-0.25, -0.2) is 0 Å². The molecular weight excluding hydrogens is 308 g/mol. The van der Waals surface area contributed by atoms with Gasteiger partial charge in [0, 0.05) is 16.8 Å². The van der Waals surface area contributed by atoms with Crippen LogP contribution in [0.1, 0.15) is 18.4 Å². The van der Waals surface area contributed by atoms with Crippen LogP contribution in [0, 0.1) is 0 Å². The van der Waals surface area contributed by atoms with Gasteiger partial charge in [-0.2, -0.15) is 0 Å². The first-order valence-corrected chi connectivity index (χ1v) is 8.42. The van der Waals surface area contributed by atoms with E-state index in [1.165, 1.54) is 0 Å². The number of nitrogens with one attached hydrogen (secondary N) is 1. The van der Waals surface area contributed by atoms with Crippen molar-refractivity contribution in [3.63, 3.8) is 0 Å². The molecular formula is C19H21ClN2O. The number of likely N-dealkylation sites (tertiary alicyclic amines) is 1. The van der Waals surface area contributed by atoms with E-state index < -0.39 is 0 Å². The average Bonchev–Trinajstić information content (AvgIpc) is 2.97. The Morgan fingerprint density at radius 1 is 1.13 bits per heavy atom. The van der Waals surface area contributed by atoms with Gasteiger partial charge in [0.15, 0.2) is 0 Å². The third-order valence-electron chi connectivity index (χ3n) is 4.32. The predicted molar refractivity (Wildman–Crippen MR) is 94.8 cm³/mol. The summed E-state index contributed by atoms with van der Waals surface area (Å²) >= 11 is 6.27. The second-order valence-electron chi connectivity index (χ2n) is 5.98. The van der Waals surface area contributed by atoms with Gasteiger partial charge in [0.1, 0.15) is 0 Å². The summed E-state index contributed by atoms with van der Waals surface area (Å²) in [5.74, 6) is 0.0438. The van der Waals surface area contributed by atoms with E-state index in [9.17, 15) is 4.79 Å². The zero-order chi connectivity index (χ0) is 16.1. The second-order valence-corrected chi connectivity index (χ2v) is 6.38. The Kier molecular flexibility index (Phi) is 5.31. The van der Waals surface area contributed by atoms with E-state index >= 15 is 0 Å². The molecule has 1 aliphatic rings. The van der Waals surface area contributed by atoms with Crippen LogP contribution in [0.2, 0.25) is 5.02 Å². The fourth-order valence-electron chi connectivity index (χ4n) is 3.16. The number of carbonyl (C=O) groups excluding carboxylic acids is 1. The lowest BCUT2D eigenvalue weighted by Crippen LogP contribution is -2.37. The van der Waals surface area contributed by atoms with Crippen molar-refractivity contribution in [3.05, 3.63) is 65.2 Å². The maximum Gasteiger partial charge on any atom is 0.238 e. The van der Waals surface area contributed by atoms with E-state index in [1.54, 1.807) is 0 Å². The molecule has 1 saturated heterocycles. The van der Waals surface area contributed by atoms with Gasteiger partial charge in [-0.1, -0.05) is 48.0 Å². The molecule has 2 aromatic rings. The average molecular weight is 329 g/mol. The monoisotopic (exact) mass is 328 g/mol. The highest BCUT2D eigenvalue weighted by atomic mass is 35.5.